The van der Waals surface area contributed by atoms with Crippen molar-refractivity contribution in [1.82, 2.24) is 10.2 Å². The van der Waals surface area contributed by atoms with E-state index in [-0.39, 0.29) is 36.8 Å². The number of aromatic nitrogens is 2. The molecule has 0 radical (unpaired) electrons. The van der Waals surface area contributed by atoms with E-state index in [4.69, 9.17) is 20.8 Å². The van der Waals surface area contributed by atoms with E-state index in [1.54, 1.807) is 24.3 Å². The molecule has 0 atom stereocenters. The minimum Gasteiger partial charge on any atom is -0.456 e. The highest BCUT2D eigenvalue weighted by Crippen LogP contribution is 2.26. The van der Waals surface area contributed by atoms with Crippen molar-refractivity contribution < 1.29 is 27.5 Å². The Morgan fingerprint density at radius 3 is 2.61 bits per heavy atom. The van der Waals surface area contributed by atoms with Crippen molar-refractivity contribution in [2.24, 2.45) is 0 Å². The maximum Gasteiger partial charge on any atom is 0.306 e. The fourth-order valence-electron chi connectivity index (χ4n) is 2.34. The number of nitrogens with zero attached hydrogens (tertiary/aromatic N) is 2. The standard InChI is InChI=1S/C19H13ClF2N2O4/c20-14-4-2-1-3-12(14)19-24-23-17(28-19)10-27-18(26)8-7-16(25)13-6-5-11(21)9-15(13)22/h1-6,9H,7-8,10H2. The first-order chi connectivity index (χ1) is 13.4. The van der Waals surface area contributed by atoms with Gasteiger partial charge in [-0.3, -0.25) is 9.59 Å². The third-order valence-electron chi connectivity index (χ3n) is 3.72. The minimum absolute atomic E-state index is 0.0548. The van der Waals surface area contributed by atoms with Crippen LogP contribution in [0, 0.1) is 11.6 Å². The number of carbonyl (C=O) groups excluding carboxylic acids is 2. The lowest BCUT2D eigenvalue weighted by atomic mass is 10.1. The highest BCUT2D eigenvalue weighted by molar-refractivity contribution is 6.33. The van der Waals surface area contributed by atoms with Gasteiger partial charge in [-0.2, -0.15) is 0 Å². The van der Waals surface area contributed by atoms with Crippen molar-refractivity contribution in [3.63, 3.8) is 0 Å². The number of hydrogen-bond donors (Lipinski definition) is 0. The third kappa shape index (κ3) is 4.77. The first kappa shape index (κ1) is 19.6. The number of halogens is 3. The Kier molecular flexibility index (Phi) is 6.10. The van der Waals surface area contributed by atoms with Crippen molar-refractivity contribution >= 4 is 23.4 Å². The summed E-state index contributed by atoms with van der Waals surface area (Å²) in [6, 6.07) is 9.50. The van der Waals surface area contributed by atoms with E-state index in [2.05, 4.69) is 10.2 Å². The molecule has 0 aliphatic carbocycles. The van der Waals surface area contributed by atoms with Crippen LogP contribution in [-0.2, 0) is 16.1 Å². The third-order valence-corrected chi connectivity index (χ3v) is 4.05. The quantitative estimate of drug-likeness (QED) is 0.428. The minimum atomic E-state index is -0.976. The van der Waals surface area contributed by atoms with Gasteiger partial charge in [0, 0.05) is 12.5 Å². The van der Waals surface area contributed by atoms with Gasteiger partial charge in [0.2, 0.25) is 5.89 Å². The van der Waals surface area contributed by atoms with E-state index >= 15 is 0 Å². The Balaban J connectivity index is 1.51. The van der Waals surface area contributed by atoms with Crippen LogP contribution >= 0.6 is 11.6 Å². The molecule has 1 aromatic heterocycles. The zero-order valence-corrected chi connectivity index (χ0v) is 15.1. The van der Waals surface area contributed by atoms with Crippen LogP contribution in [0.15, 0.2) is 46.9 Å². The summed E-state index contributed by atoms with van der Waals surface area (Å²) >= 11 is 6.04. The highest BCUT2D eigenvalue weighted by atomic mass is 35.5. The van der Waals surface area contributed by atoms with Crippen LogP contribution in [-0.4, -0.2) is 21.9 Å². The van der Waals surface area contributed by atoms with Crippen molar-refractivity contribution in [2.45, 2.75) is 19.4 Å². The summed E-state index contributed by atoms with van der Waals surface area (Å²) < 4.78 is 36.8. The summed E-state index contributed by atoms with van der Waals surface area (Å²) in [6.45, 7) is -0.282. The Morgan fingerprint density at radius 1 is 1.07 bits per heavy atom. The molecule has 28 heavy (non-hydrogen) atoms. The summed E-state index contributed by atoms with van der Waals surface area (Å²) in [4.78, 5) is 23.7. The zero-order chi connectivity index (χ0) is 20.1. The molecule has 0 unspecified atom stereocenters. The molecular weight excluding hydrogens is 394 g/mol. The highest BCUT2D eigenvalue weighted by Gasteiger charge is 2.16. The molecule has 2 aromatic carbocycles. The zero-order valence-electron chi connectivity index (χ0n) is 14.3. The van der Waals surface area contributed by atoms with Gasteiger partial charge in [-0.05, 0) is 24.3 Å². The second kappa shape index (κ2) is 8.71. The molecule has 0 amide bonds. The second-order valence-electron chi connectivity index (χ2n) is 5.69. The number of rotatable bonds is 7. The van der Waals surface area contributed by atoms with E-state index in [0.29, 0.717) is 16.7 Å². The van der Waals surface area contributed by atoms with Crippen LogP contribution in [0.5, 0.6) is 0 Å². The average Bonchev–Trinajstić information content (AvgIpc) is 3.13. The predicted molar refractivity (Wildman–Crippen MR) is 94.5 cm³/mol. The maximum atomic E-state index is 13.6. The molecule has 0 aliphatic rings. The summed E-state index contributed by atoms with van der Waals surface area (Å²) in [5.41, 5.74) is 0.261. The van der Waals surface area contributed by atoms with E-state index in [0.717, 1.165) is 12.1 Å². The monoisotopic (exact) mass is 406 g/mol. The lowest BCUT2D eigenvalue weighted by molar-refractivity contribution is -0.145. The molecule has 0 bridgehead atoms. The molecule has 6 nitrogen and oxygen atoms in total. The van der Waals surface area contributed by atoms with Gasteiger partial charge in [0.05, 0.1) is 22.6 Å². The Hall–Kier alpha value is -3.13. The van der Waals surface area contributed by atoms with Crippen LogP contribution < -0.4 is 0 Å². The summed E-state index contributed by atoms with van der Waals surface area (Å²) in [6.07, 6.45) is -0.558. The van der Waals surface area contributed by atoms with Gasteiger partial charge in [-0.1, -0.05) is 23.7 Å². The van der Waals surface area contributed by atoms with Crippen LogP contribution in [0.3, 0.4) is 0 Å². The fraction of sp³-hybridized carbons (Fsp3) is 0.158. The molecule has 3 aromatic rings. The number of benzene rings is 2. The van der Waals surface area contributed by atoms with E-state index in [1.165, 1.54) is 0 Å². The lowest BCUT2D eigenvalue weighted by Crippen LogP contribution is -2.09. The van der Waals surface area contributed by atoms with Gasteiger partial charge >= 0.3 is 5.97 Å². The molecule has 9 heteroatoms. The van der Waals surface area contributed by atoms with E-state index < -0.39 is 23.4 Å². The fourth-order valence-corrected chi connectivity index (χ4v) is 2.55. The van der Waals surface area contributed by atoms with E-state index in [9.17, 15) is 18.4 Å². The number of ether oxygens (including phenoxy) is 1. The maximum absolute atomic E-state index is 13.6. The molecule has 0 aliphatic heterocycles. The lowest BCUT2D eigenvalue weighted by Gasteiger charge is -2.03. The molecule has 144 valence electrons. The number of carbonyl (C=O) groups is 2. The Labute approximate surface area is 163 Å². The summed E-state index contributed by atoms with van der Waals surface area (Å²) in [7, 11) is 0. The molecule has 3 rings (SSSR count). The predicted octanol–water partition coefficient (Wildman–Crippen LogP) is 4.37. The van der Waals surface area contributed by atoms with Crippen LogP contribution in [0.2, 0.25) is 5.02 Å². The van der Waals surface area contributed by atoms with Crippen LogP contribution in [0.4, 0.5) is 8.78 Å². The largest absolute Gasteiger partial charge is 0.456 e. The molecule has 0 saturated carbocycles. The number of ketones is 1. The Morgan fingerprint density at radius 2 is 1.86 bits per heavy atom. The number of Topliss-reactive ketones (excluding diaryl/α,β-unsaturated/α-hetero) is 1. The topological polar surface area (TPSA) is 82.3 Å². The summed E-state index contributed by atoms with van der Waals surface area (Å²) in [5.74, 6) is -2.86. The summed E-state index contributed by atoms with van der Waals surface area (Å²) in [5, 5.41) is 8.03. The molecule has 0 N–H and O–H groups in total. The van der Waals surface area contributed by atoms with E-state index in [1.807, 2.05) is 0 Å². The van der Waals surface area contributed by atoms with Crippen molar-refractivity contribution in [1.29, 1.82) is 0 Å². The second-order valence-corrected chi connectivity index (χ2v) is 6.10. The normalized spacial score (nSPS) is 10.7. The molecular formula is C19H13ClF2N2O4. The van der Waals surface area contributed by atoms with Gasteiger partial charge in [0.15, 0.2) is 12.4 Å². The van der Waals surface area contributed by atoms with Gasteiger partial charge < -0.3 is 9.15 Å². The van der Waals surface area contributed by atoms with Crippen LogP contribution in [0.1, 0.15) is 29.1 Å². The smallest absolute Gasteiger partial charge is 0.306 e. The average molecular weight is 407 g/mol. The molecule has 0 spiro atoms. The van der Waals surface area contributed by atoms with Crippen LogP contribution in [0.25, 0.3) is 11.5 Å². The van der Waals surface area contributed by atoms with Crippen molar-refractivity contribution in [3.8, 4) is 11.5 Å². The SMILES string of the molecule is O=C(CCC(=O)c1ccc(F)cc1F)OCc1nnc(-c2ccccc2Cl)o1. The molecule has 1 heterocycles. The Bertz CT molecular complexity index is 1020. The van der Waals surface area contributed by atoms with Gasteiger partial charge in [0.25, 0.3) is 5.89 Å². The van der Waals surface area contributed by atoms with Crippen molar-refractivity contribution in [2.75, 3.05) is 0 Å². The van der Waals surface area contributed by atoms with Gasteiger partial charge in [0.1, 0.15) is 11.6 Å². The number of esters is 1. The first-order valence-corrected chi connectivity index (χ1v) is 8.53. The van der Waals surface area contributed by atoms with Crippen molar-refractivity contribution in [3.05, 3.63) is 70.6 Å². The molecule has 0 saturated heterocycles. The van der Waals surface area contributed by atoms with Gasteiger partial charge in [-0.25, -0.2) is 8.78 Å². The van der Waals surface area contributed by atoms with Gasteiger partial charge in [-0.15, -0.1) is 10.2 Å². The molecule has 0 fully saturated rings. The first-order valence-electron chi connectivity index (χ1n) is 8.15. The number of hydrogen-bond acceptors (Lipinski definition) is 6.